The highest BCUT2D eigenvalue weighted by molar-refractivity contribution is 6.30. The molecule has 0 saturated carbocycles. The van der Waals surface area contributed by atoms with Gasteiger partial charge < -0.3 is 14.8 Å². The quantitative estimate of drug-likeness (QED) is 0.841. The van der Waals surface area contributed by atoms with Gasteiger partial charge in [-0.15, -0.1) is 0 Å². The fourth-order valence-corrected chi connectivity index (χ4v) is 2.20. The molecule has 6 nitrogen and oxygen atoms in total. The molecule has 0 heterocycles. The summed E-state index contributed by atoms with van der Waals surface area (Å²) in [5.74, 6) is -2.99. The van der Waals surface area contributed by atoms with Crippen molar-refractivity contribution in [2.24, 2.45) is 0 Å². The van der Waals surface area contributed by atoms with Crippen LogP contribution in [-0.4, -0.2) is 32.1 Å². The van der Waals surface area contributed by atoms with Crippen molar-refractivity contribution in [3.05, 3.63) is 63.9 Å². The second-order valence-corrected chi connectivity index (χ2v) is 5.30. The number of benzene rings is 2. The van der Waals surface area contributed by atoms with Crippen LogP contribution in [0.15, 0.2) is 36.4 Å². The van der Waals surface area contributed by atoms with Gasteiger partial charge in [0.2, 0.25) is 0 Å². The van der Waals surface area contributed by atoms with Gasteiger partial charge in [-0.3, -0.25) is 4.79 Å². The maximum absolute atomic E-state index is 13.8. The second kappa shape index (κ2) is 7.76. The maximum atomic E-state index is 13.8. The number of esters is 2. The van der Waals surface area contributed by atoms with Crippen LogP contribution in [0.2, 0.25) is 5.02 Å². The molecule has 0 aliphatic carbocycles. The van der Waals surface area contributed by atoms with Gasteiger partial charge >= 0.3 is 11.9 Å². The molecule has 8 heteroatoms. The van der Waals surface area contributed by atoms with E-state index in [-0.39, 0.29) is 27.4 Å². The minimum atomic E-state index is -0.803. The van der Waals surface area contributed by atoms with E-state index in [1.807, 2.05) is 0 Å². The third-order valence-electron chi connectivity index (χ3n) is 3.21. The summed E-state index contributed by atoms with van der Waals surface area (Å²) < 4.78 is 23.0. The zero-order valence-electron chi connectivity index (χ0n) is 13.3. The van der Waals surface area contributed by atoms with Crippen LogP contribution in [0.4, 0.5) is 10.1 Å². The summed E-state index contributed by atoms with van der Waals surface area (Å²) in [7, 11) is 2.35. The molecule has 25 heavy (non-hydrogen) atoms. The Morgan fingerprint density at radius 3 is 2.00 bits per heavy atom. The van der Waals surface area contributed by atoms with E-state index in [0.29, 0.717) is 0 Å². The molecule has 0 bridgehead atoms. The zero-order chi connectivity index (χ0) is 18.6. The molecule has 0 atom stereocenters. The van der Waals surface area contributed by atoms with Crippen LogP contribution in [-0.2, 0) is 9.47 Å². The summed E-state index contributed by atoms with van der Waals surface area (Å²) in [6.07, 6.45) is 0. The largest absolute Gasteiger partial charge is 0.465 e. The monoisotopic (exact) mass is 365 g/mol. The Morgan fingerprint density at radius 2 is 1.52 bits per heavy atom. The predicted octanol–water partition coefficient (Wildman–Crippen LogP) is 3.30. The molecule has 0 fully saturated rings. The second-order valence-electron chi connectivity index (χ2n) is 4.86. The SMILES string of the molecule is COC(=O)c1cc(NC(=O)c2ccc(Cl)cc2F)cc(C(=O)OC)c1. The first-order chi connectivity index (χ1) is 11.8. The Hall–Kier alpha value is -2.93. The molecular formula is C17H13ClFNO5. The van der Waals surface area contributed by atoms with Crippen molar-refractivity contribution in [1.29, 1.82) is 0 Å². The summed E-state index contributed by atoms with van der Waals surface area (Å²) >= 11 is 5.65. The Morgan fingerprint density at radius 1 is 0.960 bits per heavy atom. The number of methoxy groups -OCH3 is 2. The van der Waals surface area contributed by atoms with Gasteiger partial charge in [0.25, 0.3) is 5.91 Å². The topological polar surface area (TPSA) is 81.7 Å². The lowest BCUT2D eigenvalue weighted by molar-refractivity contribution is 0.0599. The Balaban J connectivity index is 2.38. The van der Waals surface area contributed by atoms with Gasteiger partial charge in [0.1, 0.15) is 5.82 Å². The van der Waals surface area contributed by atoms with Crippen molar-refractivity contribution < 1.29 is 28.2 Å². The smallest absolute Gasteiger partial charge is 0.337 e. The number of nitrogens with one attached hydrogen (secondary N) is 1. The molecule has 2 rings (SSSR count). The molecule has 2 aromatic carbocycles. The standard InChI is InChI=1S/C17H13ClFNO5/c1-24-16(22)9-5-10(17(23)25-2)7-12(6-9)20-15(21)13-4-3-11(18)8-14(13)19/h3-8H,1-2H3,(H,20,21). The number of ether oxygens (including phenoxy) is 2. The summed E-state index contributed by atoms with van der Waals surface area (Å²) in [5, 5.41) is 2.57. The molecular weight excluding hydrogens is 353 g/mol. The van der Waals surface area contributed by atoms with E-state index in [0.717, 1.165) is 6.07 Å². The van der Waals surface area contributed by atoms with Gasteiger partial charge in [-0.2, -0.15) is 0 Å². The van der Waals surface area contributed by atoms with E-state index in [4.69, 9.17) is 11.6 Å². The molecule has 0 aromatic heterocycles. The lowest BCUT2D eigenvalue weighted by Gasteiger charge is -2.10. The van der Waals surface area contributed by atoms with Crippen molar-refractivity contribution in [2.45, 2.75) is 0 Å². The number of halogens is 2. The fourth-order valence-electron chi connectivity index (χ4n) is 2.04. The summed E-state index contributed by atoms with van der Waals surface area (Å²) in [4.78, 5) is 35.6. The van der Waals surface area contributed by atoms with Crippen LogP contribution in [0.3, 0.4) is 0 Å². The normalized spacial score (nSPS) is 10.1. The van der Waals surface area contributed by atoms with Crippen LogP contribution in [0, 0.1) is 5.82 Å². The number of hydrogen-bond acceptors (Lipinski definition) is 5. The third-order valence-corrected chi connectivity index (χ3v) is 3.44. The van der Waals surface area contributed by atoms with Gasteiger partial charge in [0, 0.05) is 10.7 Å². The summed E-state index contributed by atoms with van der Waals surface area (Å²) in [6.45, 7) is 0. The molecule has 2 aromatic rings. The van der Waals surface area contributed by atoms with Gasteiger partial charge in [0.05, 0.1) is 30.9 Å². The minimum absolute atomic E-state index is 0.0253. The molecule has 1 N–H and O–H groups in total. The van der Waals surface area contributed by atoms with Crippen molar-refractivity contribution in [1.82, 2.24) is 0 Å². The molecule has 0 saturated heterocycles. The van der Waals surface area contributed by atoms with E-state index in [9.17, 15) is 18.8 Å². The zero-order valence-corrected chi connectivity index (χ0v) is 14.0. The van der Waals surface area contributed by atoms with E-state index in [1.54, 1.807) is 0 Å². The Bertz CT molecular complexity index is 819. The van der Waals surface area contributed by atoms with Crippen LogP contribution >= 0.6 is 11.6 Å². The lowest BCUT2D eigenvalue weighted by atomic mass is 10.1. The number of anilines is 1. The highest BCUT2D eigenvalue weighted by atomic mass is 35.5. The highest BCUT2D eigenvalue weighted by Gasteiger charge is 2.17. The van der Waals surface area contributed by atoms with Crippen LogP contribution < -0.4 is 5.32 Å². The van der Waals surface area contributed by atoms with Crippen molar-refractivity contribution in [3.63, 3.8) is 0 Å². The van der Waals surface area contributed by atoms with Crippen LogP contribution in [0.25, 0.3) is 0 Å². The predicted molar refractivity (Wildman–Crippen MR) is 88.5 cm³/mol. The van der Waals surface area contributed by atoms with E-state index in [1.165, 1.54) is 44.6 Å². The van der Waals surface area contributed by atoms with E-state index < -0.39 is 23.7 Å². The number of carbonyl (C=O) groups excluding carboxylic acids is 3. The third kappa shape index (κ3) is 4.33. The molecule has 130 valence electrons. The summed E-state index contributed by atoms with van der Waals surface area (Å²) in [5.41, 5.74) is -0.0929. The van der Waals surface area contributed by atoms with Gasteiger partial charge in [-0.05, 0) is 36.4 Å². The molecule has 0 unspecified atom stereocenters. The molecule has 0 spiro atoms. The lowest BCUT2D eigenvalue weighted by Crippen LogP contribution is -2.15. The minimum Gasteiger partial charge on any atom is -0.465 e. The average molecular weight is 366 g/mol. The van der Waals surface area contributed by atoms with Gasteiger partial charge in [-0.25, -0.2) is 14.0 Å². The van der Waals surface area contributed by atoms with Crippen LogP contribution in [0.5, 0.6) is 0 Å². The van der Waals surface area contributed by atoms with Crippen molar-refractivity contribution in [2.75, 3.05) is 19.5 Å². The summed E-state index contributed by atoms with van der Waals surface area (Å²) in [6, 6.07) is 7.44. The first-order valence-corrected chi connectivity index (χ1v) is 7.31. The first kappa shape index (κ1) is 18.4. The van der Waals surface area contributed by atoms with E-state index >= 15 is 0 Å². The number of hydrogen-bond donors (Lipinski definition) is 1. The van der Waals surface area contributed by atoms with Crippen molar-refractivity contribution >= 4 is 35.1 Å². The molecule has 0 aliphatic heterocycles. The molecule has 0 radical (unpaired) electrons. The number of carbonyl (C=O) groups is 3. The maximum Gasteiger partial charge on any atom is 0.337 e. The number of amides is 1. The van der Waals surface area contributed by atoms with Crippen LogP contribution in [0.1, 0.15) is 31.1 Å². The fraction of sp³-hybridized carbons (Fsp3) is 0.118. The van der Waals surface area contributed by atoms with Crippen molar-refractivity contribution in [3.8, 4) is 0 Å². The first-order valence-electron chi connectivity index (χ1n) is 6.94. The average Bonchev–Trinajstić information content (AvgIpc) is 2.59. The van der Waals surface area contributed by atoms with Gasteiger partial charge in [0.15, 0.2) is 0 Å². The van der Waals surface area contributed by atoms with E-state index in [2.05, 4.69) is 14.8 Å². The molecule has 1 amide bonds. The molecule has 0 aliphatic rings. The number of rotatable bonds is 4. The highest BCUT2D eigenvalue weighted by Crippen LogP contribution is 2.20. The Kier molecular flexibility index (Phi) is 5.71. The van der Waals surface area contributed by atoms with Gasteiger partial charge in [-0.1, -0.05) is 11.6 Å². The Labute approximate surface area is 147 Å².